The Morgan fingerprint density at radius 2 is 2.15 bits per heavy atom. The van der Waals surface area contributed by atoms with Crippen molar-refractivity contribution in [3.8, 4) is 0 Å². The summed E-state index contributed by atoms with van der Waals surface area (Å²) in [6.07, 6.45) is 7.40. The van der Waals surface area contributed by atoms with Gasteiger partial charge in [0.25, 0.3) is 0 Å². The van der Waals surface area contributed by atoms with Gasteiger partial charge in [-0.05, 0) is 50.9 Å². The molecule has 1 aliphatic heterocycles. The van der Waals surface area contributed by atoms with Crippen LogP contribution in [0.25, 0.3) is 0 Å². The summed E-state index contributed by atoms with van der Waals surface area (Å²) in [5.41, 5.74) is 1.27. The molecule has 1 saturated heterocycles. The lowest BCUT2D eigenvalue weighted by molar-refractivity contribution is 0.0995. The largest absolute Gasteiger partial charge is 0.378 e. The summed E-state index contributed by atoms with van der Waals surface area (Å²) in [7, 11) is 6.20. The normalized spacial score (nSPS) is 18.7. The first-order valence-corrected chi connectivity index (χ1v) is 7.57. The van der Waals surface area contributed by atoms with Gasteiger partial charge in [-0.2, -0.15) is 0 Å². The molecule has 0 unspecified atom stereocenters. The Balaban J connectivity index is 1.69. The molecular weight excluding hydrogens is 250 g/mol. The van der Waals surface area contributed by atoms with Crippen LogP contribution in [0, 0.1) is 0 Å². The van der Waals surface area contributed by atoms with Crippen molar-refractivity contribution in [1.82, 2.24) is 9.88 Å². The highest BCUT2D eigenvalue weighted by Crippen LogP contribution is 2.17. The van der Waals surface area contributed by atoms with Gasteiger partial charge in [0.2, 0.25) is 0 Å². The Bertz CT molecular complexity index is 385. The van der Waals surface area contributed by atoms with Crippen LogP contribution in [0.5, 0.6) is 0 Å². The molecular formula is C16H27N3O. The van der Waals surface area contributed by atoms with E-state index in [-0.39, 0.29) is 0 Å². The standard InChI is InChI=1S/C16H27N3O/c1-18(2)16-9-8-14(12-17-16)13-19(3)10-4-6-15-7-5-11-20-15/h8-9,12,15H,4-7,10-11,13H2,1-3H3/t15-/m0/s1. The molecule has 2 heterocycles. The average Bonchev–Trinajstić information content (AvgIpc) is 2.92. The molecule has 1 aliphatic rings. The fourth-order valence-electron chi connectivity index (χ4n) is 2.63. The lowest BCUT2D eigenvalue weighted by Gasteiger charge is -2.18. The van der Waals surface area contributed by atoms with Crippen molar-refractivity contribution in [2.75, 3.05) is 39.2 Å². The van der Waals surface area contributed by atoms with Crippen LogP contribution < -0.4 is 4.90 Å². The molecule has 0 aromatic carbocycles. The van der Waals surface area contributed by atoms with Gasteiger partial charge in [0.05, 0.1) is 6.10 Å². The highest BCUT2D eigenvalue weighted by molar-refractivity contribution is 5.37. The first-order valence-electron chi connectivity index (χ1n) is 7.57. The molecule has 1 aromatic heterocycles. The number of hydrogen-bond acceptors (Lipinski definition) is 4. The molecule has 1 atom stereocenters. The van der Waals surface area contributed by atoms with Crippen LogP contribution in [-0.4, -0.2) is 50.3 Å². The smallest absolute Gasteiger partial charge is 0.127 e. The lowest BCUT2D eigenvalue weighted by atomic mass is 10.1. The van der Waals surface area contributed by atoms with Crippen molar-refractivity contribution in [1.29, 1.82) is 0 Å². The molecule has 0 spiro atoms. The summed E-state index contributed by atoms with van der Waals surface area (Å²) in [5.74, 6) is 1.01. The van der Waals surface area contributed by atoms with E-state index in [0.717, 1.165) is 25.5 Å². The van der Waals surface area contributed by atoms with Crippen LogP contribution in [0.15, 0.2) is 18.3 Å². The molecule has 0 saturated carbocycles. The van der Waals surface area contributed by atoms with Crippen molar-refractivity contribution in [3.63, 3.8) is 0 Å². The van der Waals surface area contributed by atoms with Gasteiger partial charge < -0.3 is 14.5 Å². The quantitative estimate of drug-likeness (QED) is 0.766. The maximum absolute atomic E-state index is 5.66. The van der Waals surface area contributed by atoms with Gasteiger partial charge in [-0.3, -0.25) is 0 Å². The summed E-state index contributed by atoms with van der Waals surface area (Å²) in [5, 5.41) is 0. The van der Waals surface area contributed by atoms with E-state index in [1.807, 2.05) is 25.2 Å². The van der Waals surface area contributed by atoms with Crippen LogP contribution >= 0.6 is 0 Å². The van der Waals surface area contributed by atoms with Crippen LogP contribution in [0.4, 0.5) is 5.82 Å². The average molecular weight is 277 g/mol. The van der Waals surface area contributed by atoms with E-state index >= 15 is 0 Å². The topological polar surface area (TPSA) is 28.6 Å². The Morgan fingerprint density at radius 1 is 1.30 bits per heavy atom. The number of aromatic nitrogens is 1. The number of nitrogens with zero attached hydrogens (tertiary/aromatic N) is 3. The van der Waals surface area contributed by atoms with E-state index in [1.54, 1.807) is 0 Å². The monoisotopic (exact) mass is 277 g/mol. The molecule has 4 nitrogen and oxygen atoms in total. The molecule has 1 aromatic rings. The first kappa shape index (κ1) is 15.3. The molecule has 0 aliphatic carbocycles. The van der Waals surface area contributed by atoms with Gasteiger partial charge >= 0.3 is 0 Å². The van der Waals surface area contributed by atoms with E-state index in [0.29, 0.717) is 6.10 Å². The van der Waals surface area contributed by atoms with Crippen molar-refractivity contribution >= 4 is 5.82 Å². The third-order valence-corrected chi connectivity index (χ3v) is 3.81. The summed E-state index contributed by atoms with van der Waals surface area (Å²) >= 11 is 0. The van der Waals surface area contributed by atoms with Crippen molar-refractivity contribution in [2.45, 2.75) is 38.3 Å². The highest BCUT2D eigenvalue weighted by atomic mass is 16.5. The zero-order valence-corrected chi connectivity index (χ0v) is 13.0. The second-order valence-electron chi connectivity index (χ2n) is 5.93. The lowest BCUT2D eigenvalue weighted by Crippen LogP contribution is -2.20. The van der Waals surface area contributed by atoms with Crippen LogP contribution in [0.1, 0.15) is 31.2 Å². The number of anilines is 1. The summed E-state index contributed by atoms with van der Waals surface area (Å²) in [6.45, 7) is 3.05. The van der Waals surface area contributed by atoms with E-state index < -0.39 is 0 Å². The van der Waals surface area contributed by atoms with E-state index in [1.165, 1.54) is 31.2 Å². The number of rotatable bonds is 7. The fourth-order valence-corrected chi connectivity index (χ4v) is 2.63. The molecule has 0 amide bonds. The first-order chi connectivity index (χ1) is 9.65. The predicted molar refractivity (Wildman–Crippen MR) is 83.1 cm³/mol. The van der Waals surface area contributed by atoms with E-state index in [4.69, 9.17) is 4.74 Å². The molecule has 2 rings (SSSR count). The number of hydrogen-bond donors (Lipinski definition) is 0. The van der Waals surface area contributed by atoms with Crippen molar-refractivity contribution in [3.05, 3.63) is 23.9 Å². The molecule has 4 heteroatoms. The second-order valence-corrected chi connectivity index (χ2v) is 5.93. The van der Waals surface area contributed by atoms with Crippen LogP contribution in [0.3, 0.4) is 0 Å². The molecule has 0 radical (unpaired) electrons. The van der Waals surface area contributed by atoms with Gasteiger partial charge in [-0.1, -0.05) is 6.07 Å². The Morgan fingerprint density at radius 3 is 2.75 bits per heavy atom. The Kier molecular flexibility index (Phi) is 5.80. The summed E-state index contributed by atoms with van der Waals surface area (Å²) in [4.78, 5) is 8.84. The molecule has 20 heavy (non-hydrogen) atoms. The van der Waals surface area contributed by atoms with Crippen molar-refractivity contribution in [2.24, 2.45) is 0 Å². The minimum absolute atomic E-state index is 0.518. The SMILES string of the molecule is CN(CCC[C@H]1CCCO1)Cc1ccc(N(C)C)nc1. The predicted octanol–water partition coefficient (Wildman–Crippen LogP) is 2.54. The van der Waals surface area contributed by atoms with Crippen molar-refractivity contribution < 1.29 is 4.74 Å². The Labute approximate surface area is 122 Å². The third kappa shape index (κ3) is 4.76. The molecule has 0 N–H and O–H groups in total. The number of ether oxygens (including phenoxy) is 1. The van der Waals surface area contributed by atoms with Gasteiger partial charge in [0.1, 0.15) is 5.82 Å². The third-order valence-electron chi connectivity index (χ3n) is 3.81. The Hall–Kier alpha value is -1.13. The van der Waals surface area contributed by atoms with Crippen LogP contribution in [0.2, 0.25) is 0 Å². The van der Waals surface area contributed by atoms with Gasteiger partial charge in [-0.15, -0.1) is 0 Å². The zero-order chi connectivity index (χ0) is 14.4. The van der Waals surface area contributed by atoms with E-state index in [9.17, 15) is 0 Å². The molecule has 0 bridgehead atoms. The van der Waals surface area contributed by atoms with Gasteiger partial charge in [0.15, 0.2) is 0 Å². The molecule has 112 valence electrons. The van der Waals surface area contributed by atoms with Gasteiger partial charge in [0, 0.05) is 33.4 Å². The van der Waals surface area contributed by atoms with Crippen LogP contribution in [-0.2, 0) is 11.3 Å². The zero-order valence-electron chi connectivity index (χ0n) is 13.0. The number of pyridine rings is 1. The van der Waals surface area contributed by atoms with Gasteiger partial charge in [-0.25, -0.2) is 4.98 Å². The molecule has 1 fully saturated rings. The van der Waals surface area contributed by atoms with E-state index in [2.05, 4.69) is 29.1 Å². The summed E-state index contributed by atoms with van der Waals surface area (Å²) < 4.78 is 5.66. The minimum atomic E-state index is 0.518. The maximum atomic E-state index is 5.66. The fraction of sp³-hybridized carbons (Fsp3) is 0.688. The summed E-state index contributed by atoms with van der Waals surface area (Å²) in [6, 6.07) is 4.24. The minimum Gasteiger partial charge on any atom is -0.378 e. The highest BCUT2D eigenvalue weighted by Gasteiger charge is 2.14. The maximum Gasteiger partial charge on any atom is 0.127 e. The second kappa shape index (κ2) is 7.60.